The zero-order chi connectivity index (χ0) is 80.5. The van der Waals surface area contributed by atoms with Gasteiger partial charge in [-0.1, -0.05) is 267 Å². The standard InChI is InChI=1S/C50H30N4.C30H18ClN3.C21H14/c1-2-15-36(16-3-1)53-43-21-11-9-19-39(43)48-40-29-35(23-22-32(40)25-26-44(48)53)49-38-18-8-10-20-42(38)51-50(52-49)54-45-27-24-31-12-6-7-17-37(31)47(45)41-28-33-13-4-5-14-34(33)30-46(41)54;31-30-32-25-12-6-4-10-22(25)29(33-30)20-15-14-19-16-17-27-28(24(19)18-20)23-11-5-7-13-26(23)34(27)21-8-2-1-3-9-21;1-2-7-16-13-20-18(11-15(16)6-1)12-17-10-9-14-5-3-4-8-19(14)21(17)20/h1-30H;1-18H;1-11,13H,12H2/i1D,2D,3D,15D,16D;1D,2D,3D,8D,9D;. The van der Waals surface area contributed by atoms with Crippen LogP contribution >= 0.6 is 11.6 Å². The smallest absolute Gasteiger partial charge is 0.235 e. The molecule has 109 heavy (non-hydrogen) atoms. The van der Waals surface area contributed by atoms with Gasteiger partial charge < -0.3 is 9.13 Å². The number of aromatic nitrogens is 7. The lowest BCUT2D eigenvalue weighted by atomic mass is 9.96. The van der Waals surface area contributed by atoms with E-state index in [1.807, 2.05) is 132 Å². The van der Waals surface area contributed by atoms with E-state index in [0.29, 0.717) is 5.95 Å². The first-order valence-electron chi connectivity index (χ1n) is 41.2. The minimum atomic E-state index is -0.418. The minimum Gasteiger partial charge on any atom is -0.309 e. The molecule has 0 spiro atoms. The number of hydrogen-bond acceptors (Lipinski definition) is 4. The highest BCUT2D eigenvalue weighted by Crippen LogP contribution is 2.46. The summed E-state index contributed by atoms with van der Waals surface area (Å²) in [5.41, 5.74) is 15.9. The fourth-order valence-electron chi connectivity index (χ4n) is 17.1. The average molecular weight is 1420 g/mol. The van der Waals surface area contributed by atoms with Gasteiger partial charge in [0.2, 0.25) is 11.2 Å². The zero-order valence-electron chi connectivity index (χ0n) is 68.1. The Bertz CT molecular complexity index is 8350. The molecule has 0 radical (unpaired) electrons. The lowest BCUT2D eigenvalue weighted by Crippen LogP contribution is -2.03. The summed E-state index contributed by atoms with van der Waals surface area (Å²) < 4.78 is 90.6. The quantitative estimate of drug-likeness (QED) is 0.161. The maximum absolute atomic E-state index is 8.90. The van der Waals surface area contributed by atoms with Gasteiger partial charge in [0.1, 0.15) is 0 Å². The van der Waals surface area contributed by atoms with E-state index in [1.165, 1.54) is 60.0 Å². The zero-order valence-corrected chi connectivity index (χ0v) is 58.8. The maximum atomic E-state index is 8.90. The van der Waals surface area contributed by atoms with Crippen molar-refractivity contribution in [1.29, 1.82) is 0 Å². The van der Waals surface area contributed by atoms with Crippen molar-refractivity contribution in [1.82, 2.24) is 33.6 Å². The number of para-hydroxylation sites is 6. The number of nitrogens with zero attached hydrogens (tertiary/aromatic N) is 7. The average Bonchev–Trinajstić information content (AvgIpc) is 1.58. The molecule has 23 aromatic rings. The van der Waals surface area contributed by atoms with Crippen LogP contribution in [-0.2, 0) is 6.42 Å². The SMILES string of the molecule is [2H]c1c([2H])c([2H])c(-n2c3ccccc3c3c4cc(-c5nc(-n6c7cc8ccccc8cc7c7c8ccccc8ccc76)nc6ccccc56)ccc4ccc32)c([2H])c1[2H].[2H]c1c([2H])c([2H])c(-n2c3ccccc3c3c4cc(-c5nc(Cl)nc6ccccc56)ccc4ccc32)c([2H])c1[2H].c1ccc2cc3c(cc2c1)Cc1ccc2ccccc2c1-3. The van der Waals surface area contributed by atoms with Gasteiger partial charge in [-0.3, -0.25) is 4.57 Å². The van der Waals surface area contributed by atoms with E-state index >= 15 is 0 Å². The van der Waals surface area contributed by atoms with E-state index in [4.69, 9.17) is 35.3 Å². The third kappa shape index (κ3) is 10.1. The molecule has 1 aliphatic rings. The predicted molar refractivity (Wildman–Crippen MR) is 458 cm³/mol. The summed E-state index contributed by atoms with van der Waals surface area (Å²) in [6.07, 6.45) is 1.06. The first-order chi connectivity index (χ1) is 58.1. The highest BCUT2D eigenvalue weighted by atomic mass is 35.5. The lowest BCUT2D eigenvalue weighted by Gasteiger charge is -2.13. The molecule has 1 aliphatic carbocycles. The Morgan fingerprint density at radius 3 is 1.28 bits per heavy atom. The van der Waals surface area contributed by atoms with Crippen LogP contribution in [-0.4, -0.2) is 33.6 Å². The van der Waals surface area contributed by atoms with Crippen LogP contribution in [0.3, 0.4) is 0 Å². The summed E-state index contributed by atoms with van der Waals surface area (Å²) >= 11 is 6.30. The molecule has 0 unspecified atom stereocenters. The molecule has 0 bridgehead atoms. The Morgan fingerprint density at radius 1 is 0.275 bits per heavy atom. The molecule has 0 saturated carbocycles. The van der Waals surface area contributed by atoms with E-state index in [2.05, 4.69) is 190 Å². The monoisotopic (exact) mass is 1420 g/mol. The van der Waals surface area contributed by atoms with Crippen molar-refractivity contribution in [2.75, 3.05) is 0 Å². The molecule has 24 rings (SSSR count). The summed E-state index contributed by atoms with van der Waals surface area (Å²) in [7, 11) is 0. The second kappa shape index (κ2) is 25.0. The van der Waals surface area contributed by atoms with Gasteiger partial charge in [0.25, 0.3) is 0 Å². The summed E-state index contributed by atoms with van der Waals surface area (Å²) in [5.74, 6) is 0.570. The molecule has 18 aromatic carbocycles. The van der Waals surface area contributed by atoms with Crippen molar-refractivity contribution in [2.45, 2.75) is 6.42 Å². The van der Waals surface area contributed by atoms with Crippen LogP contribution in [0.5, 0.6) is 0 Å². The van der Waals surface area contributed by atoms with Gasteiger partial charge in [0.05, 0.1) is 69.2 Å². The third-order valence-corrected chi connectivity index (χ3v) is 22.0. The van der Waals surface area contributed by atoms with Gasteiger partial charge in [0, 0.05) is 65.6 Å². The first kappa shape index (κ1) is 52.8. The van der Waals surface area contributed by atoms with Crippen LogP contribution in [0.1, 0.15) is 24.8 Å². The Kier molecular flexibility index (Phi) is 12.1. The van der Waals surface area contributed by atoms with E-state index < -0.39 is 12.1 Å². The molecule has 0 aliphatic heterocycles. The summed E-state index contributed by atoms with van der Waals surface area (Å²) in [6.45, 7) is 0. The van der Waals surface area contributed by atoms with Crippen LogP contribution in [0.25, 0.3) is 203 Å². The molecule has 5 heterocycles. The third-order valence-electron chi connectivity index (χ3n) is 21.8. The molecule has 5 aromatic heterocycles. The topological polar surface area (TPSA) is 66.3 Å². The number of fused-ring (bicyclic) bond motifs is 24. The molecule has 0 N–H and O–H groups in total. The van der Waals surface area contributed by atoms with Crippen molar-refractivity contribution in [3.63, 3.8) is 0 Å². The van der Waals surface area contributed by atoms with Crippen LogP contribution in [0.4, 0.5) is 0 Å². The number of hydrogen-bond donors (Lipinski definition) is 0. The van der Waals surface area contributed by atoms with Gasteiger partial charge in [-0.15, -0.1) is 0 Å². The molecule has 0 amide bonds. The maximum Gasteiger partial charge on any atom is 0.235 e. The van der Waals surface area contributed by atoms with Crippen LogP contribution in [0.2, 0.25) is 5.28 Å². The van der Waals surface area contributed by atoms with E-state index in [9.17, 15) is 0 Å². The second-order valence-electron chi connectivity index (χ2n) is 27.8. The van der Waals surface area contributed by atoms with E-state index in [-0.39, 0.29) is 65.0 Å². The van der Waals surface area contributed by atoms with E-state index in [0.717, 1.165) is 143 Å². The van der Waals surface area contributed by atoms with Crippen molar-refractivity contribution < 1.29 is 13.7 Å². The molecule has 0 fully saturated rings. The molecular weight excluding hydrogens is 1350 g/mol. The molecule has 0 atom stereocenters. The van der Waals surface area contributed by atoms with Crippen molar-refractivity contribution in [2.24, 2.45) is 0 Å². The van der Waals surface area contributed by atoms with Gasteiger partial charge in [-0.2, -0.15) is 0 Å². The fourth-order valence-corrected chi connectivity index (χ4v) is 17.2. The first-order valence-corrected chi connectivity index (χ1v) is 36.6. The molecule has 508 valence electrons. The fraction of sp³-hybridized carbons (Fsp3) is 0.00990. The summed E-state index contributed by atoms with van der Waals surface area (Å²) in [4.78, 5) is 19.6. The van der Waals surface area contributed by atoms with Crippen LogP contribution in [0.15, 0.2) is 364 Å². The van der Waals surface area contributed by atoms with Gasteiger partial charge in [0.15, 0.2) is 0 Å². The minimum absolute atomic E-state index is 0.121. The van der Waals surface area contributed by atoms with Gasteiger partial charge in [-0.25, -0.2) is 19.9 Å². The van der Waals surface area contributed by atoms with Crippen molar-refractivity contribution in [3.8, 4) is 51.0 Å². The Labute approximate surface area is 644 Å². The molecule has 0 saturated heterocycles. The predicted octanol–water partition coefficient (Wildman–Crippen LogP) is 26.7. The Balaban J connectivity index is 0.000000121. The van der Waals surface area contributed by atoms with Crippen molar-refractivity contribution >= 4 is 163 Å². The lowest BCUT2D eigenvalue weighted by molar-refractivity contribution is 1.01. The van der Waals surface area contributed by atoms with Crippen LogP contribution in [0, 0.1) is 0 Å². The second-order valence-corrected chi connectivity index (χ2v) is 28.1. The van der Waals surface area contributed by atoms with Gasteiger partial charge >= 0.3 is 0 Å². The van der Waals surface area contributed by atoms with Gasteiger partial charge in [-0.05, 0) is 202 Å². The number of rotatable bonds is 5. The molecule has 8 heteroatoms. The summed E-state index contributed by atoms with van der Waals surface area (Å²) in [6, 6.07) is 101. The number of benzene rings is 18. The molecular formula is C101H62ClN7. The normalized spacial score (nSPS) is 13.3. The largest absolute Gasteiger partial charge is 0.309 e. The van der Waals surface area contributed by atoms with Crippen LogP contribution < -0.4 is 0 Å². The Hall–Kier alpha value is -14.1. The number of halogens is 1. The van der Waals surface area contributed by atoms with E-state index in [1.54, 1.807) is 4.57 Å². The van der Waals surface area contributed by atoms with Crippen molar-refractivity contribution in [3.05, 3.63) is 380 Å². The highest BCUT2D eigenvalue weighted by molar-refractivity contribution is 6.29. The summed E-state index contributed by atoms with van der Waals surface area (Å²) in [5, 5.41) is 21.9. The highest BCUT2D eigenvalue weighted by Gasteiger charge is 2.25. The molecule has 7 nitrogen and oxygen atoms in total. The Morgan fingerprint density at radius 2 is 0.697 bits per heavy atom.